The first-order valence-corrected chi connectivity index (χ1v) is 5.94. The van der Waals surface area contributed by atoms with E-state index in [9.17, 15) is 14.9 Å². The Morgan fingerprint density at radius 1 is 1.53 bits per heavy atom. The molecule has 0 radical (unpaired) electrons. The van der Waals surface area contributed by atoms with Crippen LogP contribution in [0.4, 0.5) is 11.4 Å². The number of aromatic carboxylic acids is 1. The van der Waals surface area contributed by atoms with E-state index in [-0.39, 0.29) is 17.3 Å². The molecule has 1 heterocycles. The predicted octanol–water partition coefficient (Wildman–Crippen LogP) is 1.88. The van der Waals surface area contributed by atoms with Gasteiger partial charge in [-0.2, -0.15) is 0 Å². The molecule has 1 atom stereocenters. The van der Waals surface area contributed by atoms with Gasteiger partial charge in [0.05, 0.1) is 17.1 Å². The lowest BCUT2D eigenvalue weighted by Gasteiger charge is -2.24. The zero-order valence-electron chi connectivity index (χ0n) is 10.2. The molecule has 1 unspecified atom stereocenters. The number of nitro benzene ring substituents is 1. The molecule has 1 saturated heterocycles. The number of hydrogen-bond acceptors (Lipinski definition) is 5. The molecule has 2 N–H and O–H groups in total. The van der Waals surface area contributed by atoms with Crippen molar-refractivity contribution in [1.82, 2.24) is 0 Å². The number of benzene rings is 1. The second kappa shape index (κ2) is 5.66. The quantitative estimate of drug-likeness (QED) is 0.637. The topological polar surface area (TPSA) is 102 Å². The van der Waals surface area contributed by atoms with Gasteiger partial charge in [-0.25, -0.2) is 4.79 Å². The second-order valence-corrected chi connectivity index (χ2v) is 4.35. The fraction of sp³-hybridized carbons (Fsp3) is 0.417. The number of nitro groups is 1. The zero-order valence-corrected chi connectivity index (χ0v) is 10.2. The Kier molecular flexibility index (Phi) is 3.96. The summed E-state index contributed by atoms with van der Waals surface area (Å²) < 4.78 is 5.29. The number of nitrogens with one attached hydrogen (secondary N) is 1. The van der Waals surface area contributed by atoms with Gasteiger partial charge in [0.25, 0.3) is 5.69 Å². The molecular weight excluding hydrogens is 252 g/mol. The van der Waals surface area contributed by atoms with Crippen LogP contribution in [-0.4, -0.2) is 35.3 Å². The number of anilines is 1. The fourth-order valence-corrected chi connectivity index (χ4v) is 2.01. The van der Waals surface area contributed by atoms with E-state index >= 15 is 0 Å². The average Bonchev–Trinajstić information content (AvgIpc) is 2.39. The minimum Gasteiger partial charge on any atom is -0.478 e. The maximum absolute atomic E-state index is 11.0. The van der Waals surface area contributed by atoms with Crippen molar-refractivity contribution in [3.8, 4) is 0 Å². The van der Waals surface area contributed by atoms with Gasteiger partial charge in [-0.05, 0) is 25.0 Å². The molecule has 0 aliphatic carbocycles. The smallest absolute Gasteiger partial charge is 0.335 e. The van der Waals surface area contributed by atoms with Gasteiger partial charge < -0.3 is 15.2 Å². The summed E-state index contributed by atoms with van der Waals surface area (Å²) in [6.45, 7) is 1.20. The molecule has 0 saturated carbocycles. The van der Waals surface area contributed by atoms with E-state index in [4.69, 9.17) is 9.84 Å². The highest BCUT2D eigenvalue weighted by Crippen LogP contribution is 2.27. The summed E-state index contributed by atoms with van der Waals surface area (Å²) in [5.74, 6) is -1.18. The molecule has 1 aromatic carbocycles. The fourth-order valence-electron chi connectivity index (χ4n) is 2.01. The van der Waals surface area contributed by atoms with E-state index in [1.165, 1.54) is 12.1 Å². The third-order valence-electron chi connectivity index (χ3n) is 2.96. The number of ether oxygens (including phenoxy) is 1. The first-order valence-electron chi connectivity index (χ1n) is 5.94. The molecule has 19 heavy (non-hydrogen) atoms. The van der Waals surface area contributed by atoms with Crippen molar-refractivity contribution in [2.45, 2.75) is 18.9 Å². The van der Waals surface area contributed by atoms with E-state index in [1.807, 2.05) is 0 Å². The first kappa shape index (κ1) is 13.3. The molecule has 0 bridgehead atoms. The summed E-state index contributed by atoms with van der Waals surface area (Å²) in [7, 11) is 0. The second-order valence-electron chi connectivity index (χ2n) is 4.35. The van der Waals surface area contributed by atoms with Crippen molar-refractivity contribution in [2.24, 2.45) is 0 Å². The number of nitrogens with zero attached hydrogens (tertiary/aromatic N) is 1. The lowest BCUT2D eigenvalue weighted by molar-refractivity contribution is -0.384. The lowest BCUT2D eigenvalue weighted by atomic mass is 10.1. The number of carboxylic acids is 1. The SMILES string of the molecule is O=C(O)c1ccc(NC2CCCOC2)c([N+](=O)[O-])c1. The molecule has 1 aliphatic rings. The maximum atomic E-state index is 11.0. The Bertz CT molecular complexity index is 497. The summed E-state index contributed by atoms with van der Waals surface area (Å²) in [5.41, 5.74) is -0.00637. The van der Waals surface area contributed by atoms with Crippen molar-refractivity contribution < 1.29 is 19.6 Å². The van der Waals surface area contributed by atoms with Gasteiger partial charge >= 0.3 is 5.97 Å². The predicted molar refractivity (Wildman–Crippen MR) is 67.5 cm³/mol. The van der Waals surface area contributed by atoms with Gasteiger partial charge in [-0.1, -0.05) is 0 Å². The maximum Gasteiger partial charge on any atom is 0.335 e. The minimum atomic E-state index is -1.18. The Morgan fingerprint density at radius 2 is 2.32 bits per heavy atom. The van der Waals surface area contributed by atoms with Crippen LogP contribution >= 0.6 is 0 Å². The Labute approximate surface area is 109 Å². The van der Waals surface area contributed by atoms with Crippen molar-refractivity contribution >= 4 is 17.3 Å². The van der Waals surface area contributed by atoms with Gasteiger partial charge in [0.2, 0.25) is 0 Å². The normalized spacial score (nSPS) is 18.8. The third-order valence-corrected chi connectivity index (χ3v) is 2.96. The molecule has 1 aliphatic heterocycles. The largest absolute Gasteiger partial charge is 0.478 e. The van der Waals surface area contributed by atoms with Crippen LogP contribution in [0.3, 0.4) is 0 Å². The molecule has 0 amide bonds. The van der Waals surface area contributed by atoms with E-state index in [2.05, 4.69) is 5.32 Å². The van der Waals surface area contributed by atoms with E-state index in [1.54, 1.807) is 0 Å². The molecule has 7 nitrogen and oxygen atoms in total. The number of carbonyl (C=O) groups is 1. The molecule has 102 valence electrons. The van der Waals surface area contributed by atoms with Crippen LogP contribution in [0, 0.1) is 10.1 Å². The monoisotopic (exact) mass is 266 g/mol. The van der Waals surface area contributed by atoms with Gasteiger partial charge in [0.1, 0.15) is 5.69 Å². The van der Waals surface area contributed by atoms with Crippen LogP contribution in [-0.2, 0) is 4.74 Å². The summed E-state index contributed by atoms with van der Waals surface area (Å²) in [6.07, 6.45) is 1.77. The standard InChI is InChI=1S/C12H14N2O5/c15-12(16)8-3-4-10(11(6-8)14(17)18)13-9-2-1-5-19-7-9/h3-4,6,9,13H,1-2,5,7H2,(H,15,16). The molecule has 2 rings (SSSR count). The van der Waals surface area contributed by atoms with E-state index in [0.29, 0.717) is 18.9 Å². The highest BCUT2D eigenvalue weighted by molar-refractivity contribution is 5.89. The third kappa shape index (κ3) is 3.19. The zero-order chi connectivity index (χ0) is 13.8. The molecule has 7 heteroatoms. The van der Waals surface area contributed by atoms with Crippen LogP contribution in [0.1, 0.15) is 23.2 Å². The van der Waals surface area contributed by atoms with Crippen molar-refractivity contribution in [1.29, 1.82) is 0 Å². The lowest BCUT2D eigenvalue weighted by Crippen LogP contribution is -2.30. The van der Waals surface area contributed by atoms with Gasteiger partial charge in [-0.15, -0.1) is 0 Å². The Morgan fingerprint density at radius 3 is 2.89 bits per heavy atom. The highest BCUT2D eigenvalue weighted by Gasteiger charge is 2.21. The number of carboxylic acid groups (broad SMARTS) is 1. The van der Waals surface area contributed by atoms with Crippen molar-refractivity contribution in [3.05, 3.63) is 33.9 Å². The summed E-state index contributed by atoms with van der Waals surface area (Å²) >= 11 is 0. The Balaban J connectivity index is 2.23. The van der Waals surface area contributed by atoms with Crippen LogP contribution in [0.5, 0.6) is 0 Å². The van der Waals surface area contributed by atoms with Crippen LogP contribution in [0.15, 0.2) is 18.2 Å². The summed E-state index contributed by atoms with van der Waals surface area (Å²) in [4.78, 5) is 21.2. The summed E-state index contributed by atoms with van der Waals surface area (Å²) in [6, 6.07) is 3.86. The minimum absolute atomic E-state index is 0.0168. The van der Waals surface area contributed by atoms with Crippen molar-refractivity contribution in [2.75, 3.05) is 18.5 Å². The van der Waals surface area contributed by atoms with E-state index < -0.39 is 10.9 Å². The molecule has 1 fully saturated rings. The van der Waals surface area contributed by atoms with Crippen LogP contribution in [0.25, 0.3) is 0 Å². The first-order chi connectivity index (χ1) is 9.08. The Hall–Kier alpha value is -2.15. The van der Waals surface area contributed by atoms with Gasteiger partial charge in [-0.3, -0.25) is 10.1 Å². The number of rotatable bonds is 4. The molecule has 1 aromatic rings. The van der Waals surface area contributed by atoms with Gasteiger partial charge in [0, 0.05) is 18.7 Å². The van der Waals surface area contributed by atoms with Crippen LogP contribution < -0.4 is 5.32 Å². The van der Waals surface area contributed by atoms with Crippen molar-refractivity contribution in [3.63, 3.8) is 0 Å². The summed E-state index contributed by atoms with van der Waals surface area (Å²) in [5, 5.41) is 22.9. The van der Waals surface area contributed by atoms with E-state index in [0.717, 1.165) is 18.9 Å². The average molecular weight is 266 g/mol. The highest BCUT2D eigenvalue weighted by atomic mass is 16.6. The van der Waals surface area contributed by atoms with Gasteiger partial charge in [0.15, 0.2) is 0 Å². The molecular formula is C12H14N2O5. The van der Waals surface area contributed by atoms with Crippen LogP contribution in [0.2, 0.25) is 0 Å². The molecule has 0 spiro atoms. The number of hydrogen-bond donors (Lipinski definition) is 2. The molecule has 0 aromatic heterocycles.